The predicted octanol–water partition coefficient (Wildman–Crippen LogP) is 3.33. The van der Waals surface area contributed by atoms with Gasteiger partial charge in [-0.25, -0.2) is 0 Å². The third kappa shape index (κ3) is 1.95. The van der Waals surface area contributed by atoms with Gasteiger partial charge in [0.05, 0.1) is 10.9 Å². The topological polar surface area (TPSA) is 42.7 Å². The molecule has 3 rings (SSSR count). The van der Waals surface area contributed by atoms with Gasteiger partial charge in [-0.2, -0.15) is 5.10 Å². The lowest BCUT2D eigenvalue weighted by molar-refractivity contribution is 0.800. The number of aryl methyl sites for hydroxylation is 3. The molecule has 0 saturated heterocycles. The van der Waals surface area contributed by atoms with Crippen LogP contribution in [0.1, 0.15) is 11.1 Å². The number of pyridine rings is 1. The van der Waals surface area contributed by atoms with Crippen LogP contribution in [-0.2, 0) is 7.05 Å². The fraction of sp³-hybridized carbons (Fsp3) is 0.200. The summed E-state index contributed by atoms with van der Waals surface area (Å²) in [4.78, 5) is 4.18. The molecule has 0 aliphatic carbocycles. The van der Waals surface area contributed by atoms with E-state index >= 15 is 0 Å². The lowest BCUT2D eigenvalue weighted by atomic mass is 10.1. The van der Waals surface area contributed by atoms with E-state index in [9.17, 15) is 0 Å². The number of hydrogen-bond donors (Lipinski definition) is 1. The molecule has 96 valence electrons. The number of fused-ring (bicyclic) bond motifs is 1. The zero-order chi connectivity index (χ0) is 13.4. The predicted molar refractivity (Wildman–Crippen MR) is 77.7 cm³/mol. The Morgan fingerprint density at radius 3 is 2.58 bits per heavy atom. The van der Waals surface area contributed by atoms with Crippen LogP contribution in [0.2, 0.25) is 0 Å². The van der Waals surface area contributed by atoms with Crippen molar-refractivity contribution in [1.29, 1.82) is 0 Å². The van der Waals surface area contributed by atoms with Crippen molar-refractivity contribution in [3.8, 4) is 0 Å². The van der Waals surface area contributed by atoms with Crippen LogP contribution in [0.25, 0.3) is 10.9 Å². The Labute approximate surface area is 112 Å². The van der Waals surface area contributed by atoms with Crippen LogP contribution >= 0.6 is 0 Å². The van der Waals surface area contributed by atoms with Gasteiger partial charge >= 0.3 is 0 Å². The van der Waals surface area contributed by atoms with Gasteiger partial charge in [0.15, 0.2) is 5.82 Å². The van der Waals surface area contributed by atoms with Crippen molar-refractivity contribution in [2.75, 3.05) is 5.32 Å². The van der Waals surface area contributed by atoms with Gasteiger partial charge in [0, 0.05) is 25.1 Å². The average molecular weight is 252 g/mol. The van der Waals surface area contributed by atoms with E-state index in [4.69, 9.17) is 0 Å². The Bertz CT molecular complexity index is 723. The molecule has 0 spiro atoms. The minimum absolute atomic E-state index is 0.850. The van der Waals surface area contributed by atoms with Gasteiger partial charge < -0.3 is 5.32 Å². The summed E-state index contributed by atoms with van der Waals surface area (Å²) in [6.07, 6.45) is 3.63. The molecule has 3 aromatic rings. The lowest BCUT2D eigenvalue weighted by Gasteiger charge is -2.10. The Kier molecular flexibility index (Phi) is 2.71. The molecule has 1 N–H and O–H groups in total. The third-order valence-electron chi connectivity index (χ3n) is 3.38. The monoisotopic (exact) mass is 252 g/mol. The first kappa shape index (κ1) is 11.7. The summed E-state index contributed by atoms with van der Waals surface area (Å²) in [6, 6.07) is 8.23. The molecule has 0 aliphatic heterocycles. The smallest absolute Gasteiger partial charge is 0.161 e. The lowest BCUT2D eigenvalue weighted by Crippen LogP contribution is -1.98. The van der Waals surface area contributed by atoms with Gasteiger partial charge in [-0.3, -0.25) is 9.67 Å². The second-order valence-corrected chi connectivity index (χ2v) is 4.76. The minimum Gasteiger partial charge on any atom is -0.338 e. The number of para-hydroxylation sites is 1. The summed E-state index contributed by atoms with van der Waals surface area (Å²) in [5.74, 6) is 0.850. The molecule has 2 heterocycles. The van der Waals surface area contributed by atoms with Gasteiger partial charge in [-0.05, 0) is 31.0 Å². The van der Waals surface area contributed by atoms with E-state index in [0.717, 1.165) is 22.4 Å². The molecule has 19 heavy (non-hydrogen) atoms. The zero-order valence-electron chi connectivity index (χ0n) is 11.3. The Balaban J connectivity index is 2.11. The number of anilines is 2. The highest BCUT2D eigenvalue weighted by Crippen LogP contribution is 2.28. The highest BCUT2D eigenvalue weighted by atomic mass is 15.3. The molecular weight excluding hydrogens is 236 g/mol. The van der Waals surface area contributed by atoms with E-state index in [2.05, 4.69) is 47.4 Å². The molecule has 0 saturated carbocycles. The van der Waals surface area contributed by atoms with E-state index in [1.54, 1.807) is 6.20 Å². The highest BCUT2D eigenvalue weighted by molar-refractivity contribution is 5.91. The minimum atomic E-state index is 0.850. The molecular formula is C15H16N4. The zero-order valence-corrected chi connectivity index (χ0v) is 11.3. The van der Waals surface area contributed by atoms with Crippen molar-refractivity contribution in [2.24, 2.45) is 7.05 Å². The fourth-order valence-corrected chi connectivity index (χ4v) is 2.33. The first-order valence-electron chi connectivity index (χ1n) is 6.27. The third-order valence-corrected chi connectivity index (χ3v) is 3.38. The molecule has 1 aromatic carbocycles. The normalized spacial score (nSPS) is 10.9. The van der Waals surface area contributed by atoms with Crippen LogP contribution in [0.3, 0.4) is 0 Å². The SMILES string of the molecule is Cc1cccc(C)c1Nc1nn(C)c2ccncc12. The summed E-state index contributed by atoms with van der Waals surface area (Å²) in [7, 11) is 1.94. The average Bonchev–Trinajstić information content (AvgIpc) is 2.72. The van der Waals surface area contributed by atoms with Crippen molar-refractivity contribution < 1.29 is 0 Å². The van der Waals surface area contributed by atoms with Gasteiger partial charge in [-0.15, -0.1) is 0 Å². The molecule has 0 amide bonds. The number of rotatable bonds is 2. The van der Waals surface area contributed by atoms with Crippen LogP contribution in [-0.4, -0.2) is 14.8 Å². The van der Waals surface area contributed by atoms with Crippen molar-refractivity contribution in [3.63, 3.8) is 0 Å². The van der Waals surface area contributed by atoms with Crippen LogP contribution < -0.4 is 5.32 Å². The molecule has 0 bridgehead atoms. The summed E-state index contributed by atoms with van der Waals surface area (Å²) < 4.78 is 1.87. The van der Waals surface area contributed by atoms with Gasteiger partial charge in [0.2, 0.25) is 0 Å². The molecule has 0 fully saturated rings. The number of benzene rings is 1. The Morgan fingerprint density at radius 2 is 1.84 bits per heavy atom. The van der Waals surface area contributed by atoms with Crippen molar-refractivity contribution >= 4 is 22.4 Å². The number of nitrogens with one attached hydrogen (secondary N) is 1. The maximum Gasteiger partial charge on any atom is 0.161 e. The molecule has 0 unspecified atom stereocenters. The highest BCUT2D eigenvalue weighted by Gasteiger charge is 2.10. The van der Waals surface area contributed by atoms with Crippen LogP contribution in [0, 0.1) is 13.8 Å². The summed E-state index contributed by atoms with van der Waals surface area (Å²) in [5, 5.41) is 9.00. The van der Waals surface area contributed by atoms with Gasteiger partial charge in [0.1, 0.15) is 0 Å². The number of nitrogens with zero attached hydrogens (tertiary/aromatic N) is 3. The van der Waals surface area contributed by atoms with E-state index in [-0.39, 0.29) is 0 Å². The summed E-state index contributed by atoms with van der Waals surface area (Å²) in [5.41, 5.74) is 4.61. The van der Waals surface area contributed by atoms with Crippen molar-refractivity contribution in [2.45, 2.75) is 13.8 Å². The second kappa shape index (κ2) is 4.39. The quantitative estimate of drug-likeness (QED) is 0.760. The van der Waals surface area contributed by atoms with Gasteiger partial charge in [-0.1, -0.05) is 18.2 Å². The standard InChI is InChI=1S/C15H16N4/c1-10-5-4-6-11(2)14(10)17-15-12-9-16-8-7-13(12)19(3)18-15/h4-9H,1-3H3,(H,17,18). The fourth-order valence-electron chi connectivity index (χ4n) is 2.33. The van der Waals surface area contributed by atoms with E-state index < -0.39 is 0 Å². The maximum atomic E-state index is 4.53. The van der Waals surface area contributed by atoms with E-state index in [0.29, 0.717) is 0 Å². The second-order valence-electron chi connectivity index (χ2n) is 4.76. The largest absolute Gasteiger partial charge is 0.338 e. The Morgan fingerprint density at radius 1 is 1.11 bits per heavy atom. The van der Waals surface area contributed by atoms with Gasteiger partial charge in [0.25, 0.3) is 0 Å². The molecule has 4 heteroatoms. The molecule has 2 aromatic heterocycles. The van der Waals surface area contributed by atoms with Crippen LogP contribution in [0.4, 0.5) is 11.5 Å². The number of hydrogen-bond acceptors (Lipinski definition) is 3. The first-order chi connectivity index (χ1) is 9.16. The number of aromatic nitrogens is 3. The first-order valence-corrected chi connectivity index (χ1v) is 6.27. The van der Waals surface area contributed by atoms with E-state index in [1.807, 2.05) is 24.0 Å². The van der Waals surface area contributed by atoms with Crippen LogP contribution in [0.15, 0.2) is 36.7 Å². The molecule has 0 atom stereocenters. The molecule has 4 nitrogen and oxygen atoms in total. The van der Waals surface area contributed by atoms with Crippen LogP contribution in [0.5, 0.6) is 0 Å². The molecule has 0 aliphatic rings. The van der Waals surface area contributed by atoms with E-state index in [1.165, 1.54) is 11.1 Å². The van der Waals surface area contributed by atoms with Crippen molar-refractivity contribution in [3.05, 3.63) is 47.8 Å². The summed E-state index contributed by atoms with van der Waals surface area (Å²) >= 11 is 0. The summed E-state index contributed by atoms with van der Waals surface area (Å²) in [6.45, 7) is 4.19. The van der Waals surface area contributed by atoms with Crippen molar-refractivity contribution in [1.82, 2.24) is 14.8 Å². The molecule has 0 radical (unpaired) electrons. The maximum absolute atomic E-state index is 4.53. The Hall–Kier alpha value is -2.36.